The zero-order valence-electron chi connectivity index (χ0n) is 17.1. The van der Waals surface area contributed by atoms with Gasteiger partial charge in [0, 0.05) is 25.7 Å². The molecule has 0 bridgehead atoms. The first-order valence-electron chi connectivity index (χ1n) is 9.36. The van der Waals surface area contributed by atoms with Crippen LogP contribution in [0.2, 0.25) is 0 Å². The molecule has 2 amide bonds. The maximum Gasteiger partial charge on any atom is 0.251 e. The molecule has 1 aromatic carbocycles. The minimum Gasteiger partial charge on any atom is -0.464 e. The molecule has 0 saturated carbocycles. The van der Waals surface area contributed by atoms with Crippen molar-refractivity contribution < 1.29 is 22.4 Å². The van der Waals surface area contributed by atoms with Gasteiger partial charge < -0.3 is 14.6 Å². The van der Waals surface area contributed by atoms with Crippen molar-refractivity contribution in [2.24, 2.45) is 0 Å². The average molecular weight is 422 g/mol. The minimum absolute atomic E-state index is 0.0467. The summed E-state index contributed by atoms with van der Waals surface area (Å²) in [5.74, 6) is 0.601. The van der Waals surface area contributed by atoms with Crippen LogP contribution in [0.4, 0.5) is 0 Å². The summed E-state index contributed by atoms with van der Waals surface area (Å²) < 4.78 is 32.0. The maximum atomic E-state index is 12.6. The summed E-state index contributed by atoms with van der Waals surface area (Å²) in [7, 11) is -2.05. The Hall–Kier alpha value is -2.65. The largest absolute Gasteiger partial charge is 0.464 e. The van der Waals surface area contributed by atoms with Crippen molar-refractivity contribution in [1.82, 2.24) is 14.5 Å². The Morgan fingerprint density at radius 3 is 2.38 bits per heavy atom. The van der Waals surface area contributed by atoms with Gasteiger partial charge in [-0.2, -0.15) is 4.31 Å². The quantitative estimate of drug-likeness (QED) is 0.668. The van der Waals surface area contributed by atoms with E-state index in [1.54, 1.807) is 27.0 Å². The summed E-state index contributed by atoms with van der Waals surface area (Å²) in [6.45, 7) is 6.09. The van der Waals surface area contributed by atoms with Gasteiger partial charge in [-0.3, -0.25) is 9.59 Å². The zero-order chi connectivity index (χ0) is 21.6. The number of hydrogen-bond donors (Lipinski definition) is 1. The number of amides is 2. The van der Waals surface area contributed by atoms with Crippen LogP contribution in [-0.4, -0.2) is 56.1 Å². The summed E-state index contributed by atoms with van der Waals surface area (Å²) in [5.41, 5.74) is 0.176. The van der Waals surface area contributed by atoms with E-state index >= 15 is 0 Å². The van der Waals surface area contributed by atoms with E-state index in [4.69, 9.17) is 4.42 Å². The fourth-order valence-corrected chi connectivity index (χ4v) is 4.30. The second kappa shape index (κ2) is 9.71. The summed E-state index contributed by atoms with van der Waals surface area (Å²) in [6.07, 6.45) is 0. The van der Waals surface area contributed by atoms with Gasteiger partial charge in [-0.15, -0.1) is 0 Å². The second-order valence-electron chi connectivity index (χ2n) is 6.56. The number of furan rings is 1. The fourth-order valence-electron chi connectivity index (χ4n) is 2.80. The van der Waals surface area contributed by atoms with Crippen molar-refractivity contribution in [3.63, 3.8) is 0 Å². The lowest BCUT2D eigenvalue weighted by molar-refractivity contribution is -0.129. The smallest absolute Gasteiger partial charge is 0.251 e. The van der Waals surface area contributed by atoms with E-state index in [0.29, 0.717) is 25.4 Å². The van der Waals surface area contributed by atoms with Crippen molar-refractivity contribution in [1.29, 1.82) is 0 Å². The number of likely N-dealkylation sites (N-methyl/N-ethyl adjacent to an activating group) is 1. The lowest BCUT2D eigenvalue weighted by atomic mass is 10.2. The molecule has 0 radical (unpaired) electrons. The van der Waals surface area contributed by atoms with Crippen LogP contribution in [0.15, 0.2) is 45.7 Å². The molecule has 0 spiro atoms. The zero-order valence-corrected chi connectivity index (χ0v) is 18.0. The Morgan fingerprint density at radius 1 is 1.10 bits per heavy atom. The van der Waals surface area contributed by atoms with Gasteiger partial charge in [0.1, 0.15) is 11.5 Å². The van der Waals surface area contributed by atoms with E-state index < -0.39 is 15.9 Å². The average Bonchev–Trinajstić information content (AvgIpc) is 3.11. The highest BCUT2D eigenvalue weighted by Crippen LogP contribution is 2.17. The molecule has 0 aliphatic carbocycles. The molecule has 0 fully saturated rings. The van der Waals surface area contributed by atoms with Crippen LogP contribution >= 0.6 is 0 Å². The van der Waals surface area contributed by atoms with E-state index in [2.05, 4.69) is 5.32 Å². The number of nitrogens with zero attached hydrogens (tertiary/aromatic N) is 2. The Bertz CT molecular complexity index is 964. The van der Waals surface area contributed by atoms with Crippen molar-refractivity contribution >= 4 is 21.8 Å². The maximum absolute atomic E-state index is 12.6. The fraction of sp³-hybridized carbons (Fsp3) is 0.400. The molecule has 1 heterocycles. The lowest BCUT2D eigenvalue weighted by Gasteiger charge is -2.19. The number of rotatable bonds is 9. The first-order chi connectivity index (χ1) is 13.7. The third-order valence-electron chi connectivity index (χ3n) is 4.45. The van der Waals surface area contributed by atoms with Gasteiger partial charge >= 0.3 is 0 Å². The minimum atomic E-state index is -3.67. The van der Waals surface area contributed by atoms with E-state index in [1.807, 2.05) is 13.0 Å². The highest BCUT2D eigenvalue weighted by molar-refractivity contribution is 7.89. The van der Waals surface area contributed by atoms with Gasteiger partial charge in [0.2, 0.25) is 15.9 Å². The number of nitrogens with one attached hydrogen (secondary N) is 1. The van der Waals surface area contributed by atoms with Crippen LogP contribution in [0.1, 0.15) is 35.7 Å². The van der Waals surface area contributed by atoms with Crippen LogP contribution in [0.25, 0.3) is 0 Å². The number of sulfonamides is 1. The van der Waals surface area contributed by atoms with Gasteiger partial charge in [0.15, 0.2) is 0 Å². The molecule has 2 rings (SSSR count). The normalized spacial score (nSPS) is 11.5. The third-order valence-corrected chi connectivity index (χ3v) is 6.50. The molecule has 1 N–H and O–H groups in total. The van der Waals surface area contributed by atoms with Crippen LogP contribution in [0.5, 0.6) is 0 Å². The van der Waals surface area contributed by atoms with Crippen LogP contribution in [0, 0.1) is 6.92 Å². The standard InChI is InChI=1S/C20H27N3O5S/c1-5-23(6-2)29(26,27)18-9-7-8-16(12-18)20(25)21-13-19(24)22(4)14-17-11-10-15(3)28-17/h7-12H,5-6,13-14H2,1-4H3,(H,21,25). The molecule has 158 valence electrons. The number of aryl methyl sites for hydroxylation is 1. The number of carbonyl (C=O) groups excluding carboxylic acids is 2. The Labute approximate surface area is 171 Å². The molecular formula is C20H27N3O5S. The van der Waals surface area contributed by atoms with Gasteiger partial charge in [-0.25, -0.2) is 8.42 Å². The molecule has 8 nitrogen and oxygen atoms in total. The first-order valence-corrected chi connectivity index (χ1v) is 10.8. The monoisotopic (exact) mass is 421 g/mol. The van der Waals surface area contributed by atoms with Crippen molar-refractivity contribution in [3.8, 4) is 0 Å². The molecule has 1 aromatic heterocycles. The Balaban J connectivity index is 2.01. The summed E-state index contributed by atoms with van der Waals surface area (Å²) >= 11 is 0. The van der Waals surface area contributed by atoms with Crippen molar-refractivity contribution in [2.45, 2.75) is 32.2 Å². The molecular weight excluding hydrogens is 394 g/mol. The van der Waals surface area contributed by atoms with Crippen molar-refractivity contribution in [3.05, 3.63) is 53.5 Å². The SMILES string of the molecule is CCN(CC)S(=O)(=O)c1cccc(C(=O)NCC(=O)N(C)Cc2ccc(C)o2)c1. The molecule has 0 aliphatic heterocycles. The van der Waals surface area contributed by atoms with E-state index in [1.165, 1.54) is 33.5 Å². The Morgan fingerprint density at radius 2 is 1.79 bits per heavy atom. The van der Waals surface area contributed by atoms with Crippen molar-refractivity contribution in [2.75, 3.05) is 26.7 Å². The lowest BCUT2D eigenvalue weighted by Crippen LogP contribution is -2.37. The number of hydrogen-bond acceptors (Lipinski definition) is 5. The van der Waals surface area contributed by atoms with Crippen LogP contribution < -0.4 is 5.32 Å². The topological polar surface area (TPSA) is 99.9 Å². The number of carbonyl (C=O) groups is 2. The predicted octanol–water partition coefficient (Wildman–Crippen LogP) is 2.01. The van der Waals surface area contributed by atoms with Gasteiger partial charge in [-0.05, 0) is 37.3 Å². The van der Waals surface area contributed by atoms with E-state index in [9.17, 15) is 18.0 Å². The van der Waals surface area contributed by atoms with Crippen LogP contribution in [-0.2, 0) is 21.4 Å². The van der Waals surface area contributed by atoms with Gasteiger partial charge in [0.05, 0.1) is 18.0 Å². The summed E-state index contributed by atoms with van der Waals surface area (Å²) in [6, 6.07) is 9.40. The molecule has 9 heteroatoms. The van der Waals surface area contributed by atoms with E-state index in [0.717, 1.165) is 5.76 Å². The molecule has 2 aromatic rings. The van der Waals surface area contributed by atoms with Gasteiger partial charge in [-0.1, -0.05) is 19.9 Å². The predicted molar refractivity (Wildman–Crippen MR) is 109 cm³/mol. The second-order valence-corrected chi connectivity index (χ2v) is 8.50. The summed E-state index contributed by atoms with van der Waals surface area (Å²) in [4.78, 5) is 26.2. The molecule has 0 saturated heterocycles. The first kappa shape index (κ1) is 22.6. The van der Waals surface area contributed by atoms with E-state index in [-0.39, 0.29) is 22.9 Å². The molecule has 0 atom stereocenters. The number of benzene rings is 1. The molecule has 29 heavy (non-hydrogen) atoms. The highest BCUT2D eigenvalue weighted by atomic mass is 32.2. The molecule has 0 aliphatic rings. The highest BCUT2D eigenvalue weighted by Gasteiger charge is 2.22. The molecule has 0 unspecified atom stereocenters. The summed E-state index contributed by atoms with van der Waals surface area (Å²) in [5, 5.41) is 2.54. The van der Waals surface area contributed by atoms with Gasteiger partial charge in [0.25, 0.3) is 5.91 Å². The Kier molecular flexibility index (Phi) is 7.58. The third kappa shape index (κ3) is 5.68. The van der Waals surface area contributed by atoms with Crippen LogP contribution in [0.3, 0.4) is 0 Å².